The third kappa shape index (κ3) is 2.40. The monoisotopic (exact) mass is 219 g/mol. The van der Waals surface area contributed by atoms with Crippen molar-refractivity contribution >= 4 is 6.09 Å². The Morgan fingerprint density at radius 3 is 2.40 bits per heavy atom. The van der Waals surface area contributed by atoms with E-state index in [0.717, 1.165) is 4.90 Å². The normalized spacial score (nSPS) is 32.9. The van der Waals surface area contributed by atoms with Gasteiger partial charge in [0.05, 0.1) is 12.1 Å². The van der Waals surface area contributed by atoms with Crippen LogP contribution in [0.5, 0.6) is 0 Å². The highest BCUT2D eigenvalue weighted by Crippen LogP contribution is 2.33. The number of hydrogen-bond donors (Lipinski definition) is 2. The number of aliphatic hydroxyl groups is 1. The fourth-order valence-corrected chi connectivity index (χ4v) is 2.11. The van der Waals surface area contributed by atoms with Crippen LogP contribution in [0.2, 0.25) is 0 Å². The first-order valence-electron chi connectivity index (χ1n) is 5.07. The number of amides is 1. The van der Waals surface area contributed by atoms with E-state index in [2.05, 4.69) is 0 Å². The highest BCUT2D eigenvalue weighted by Gasteiger charge is 2.45. The molecule has 1 fully saturated rings. The van der Waals surface area contributed by atoms with E-state index in [9.17, 15) is 14.3 Å². The molecule has 0 aromatic carbocycles. The Hall–Kier alpha value is -0.840. The third-order valence-electron chi connectivity index (χ3n) is 2.80. The van der Waals surface area contributed by atoms with Crippen LogP contribution in [0.1, 0.15) is 27.2 Å². The van der Waals surface area contributed by atoms with Crippen molar-refractivity contribution in [3.63, 3.8) is 0 Å². The van der Waals surface area contributed by atoms with Crippen molar-refractivity contribution in [3.05, 3.63) is 0 Å². The van der Waals surface area contributed by atoms with Crippen LogP contribution in [0.25, 0.3) is 0 Å². The first-order chi connectivity index (χ1) is 6.75. The van der Waals surface area contributed by atoms with Gasteiger partial charge in [0.25, 0.3) is 0 Å². The van der Waals surface area contributed by atoms with Gasteiger partial charge in [0.2, 0.25) is 0 Å². The van der Waals surface area contributed by atoms with Crippen LogP contribution in [0.15, 0.2) is 0 Å². The van der Waals surface area contributed by atoms with Crippen molar-refractivity contribution in [3.8, 4) is 0 Å². The number of aliphatic hydroxyl groups excluding tert-OH is 1. The smallest absolute Gasteiger partial charge is 0.407 e. The molecular formula is C10H18FNO3. The minimum Gasteiger partial charge on any atom is -0.465 e. The van der Waals surface area contributed by atoms with E-state index in [4.69, 9.17) is 5.11 Å². The Kier molecular flexibility index (Phi) is 3.23. The maximum Gasteiger partial charge on any atom is 0.407 e. The fourth-order valence-electron chi connectivity index (χ4n) is 2.11. The summed E-state index contributed by atoms with van der Waals surface area (Å²) >= 11 is 0. The van der Waals surface area contributed by atoms with Gasteiger partial charge in [-0.2, -0.15) is 0 Å². The predicted octanol–water partition coefficient (Wildman–Crippen LogP) is 1.48. The van der Waals surface area contributed by atoms with E-state index in [1.807, 2.05) is 0 Å². The number of rotatable bonds is 0. The zero-order chi connectivity index (χ0) is 11.8. The Morgan fingerprint density at radius 1 is 1.47 bits per heavy atom. The number of carbonyl (C=O) groups is 1. The second kappa shape index (κ2) is 3.96. The van der Waals surface area contributed by atoms with Crippen molar-refractivity contribution < 1.29 is 19.4 Å². The average molecular weight is 219 g/mol. The molecule has 2 N–H and O–H groups in total. The Balaban J connectivity index is 2.95. The summed E-state index contributed by atoms with van der Waals surface area (Å²) in [7, 11) is 0. The van der Waals surface area contributed by atoms with Gasteiger partial charge in [0, 0.05) is 6.54 Å². The van der Waals surface area contributed by atoms with E-state index in [1.165, 1.54) is 0 Å². The number of carboxylic acid groups (broad SMARTS) is 1. The van der Waals surface area contributed by atoms with Gasteiger partial charge in [-0.3, -0.25) is 0 Å². The second-order valence-electron chi connectivity index (χ2n) is 5.09. The Morgan fingerprint density at radius 2 is 2.00 bits per heavy atom. The van der Waals surface area contributed by atoms with E-state index >= 15 is 0 Å². The molecule has 2 unspecified atom stereocenters. The second-order valence-corrected chi connectivity index (χ2v) is 5.09. The number of hydrogen-bond acceptors (Lipinski definition) is 2. The van der Waals surface area contributed by atoms with Gasteiger partial charge in [-0.05, 0) is 11.8 Å². The summed E-state index contributed by atoms with van der Waals surface area (Å²) in [6.07, 6.45) is -3.51. The number of alkyl halides is 1. The molecule has 0 bridgehead atoms. The van der Waals surface area contributed by atoms with Gasteiger partial charge in [0.15, 0.2) is 0 Å². The number of halogens is 1. The van der Waals surface area contributed by atoms with Gasteiger partial charge < -0.3 is 15.1 Å². The number of nitrogens with zero attached hydrogens (tertiary/aromatic N) is 1. The lowest BCUT2D eigenvalue weighted by atomic mass is 9.79. The summed E-state index contributed by atoms with van der Waals surface area (Å²) in [6.45, 7) is 5.52. The third-order valence-corrected chi connectivity index (χ3v) is 2.80. The van der Waals surface area contributed by atoms with Gasteiger partial charge >= 0.3 is 6.09 Å². The largest absolute Gasteiger partial charge is 0.465 e. The van der Waals surface area contributed by atoms with Crippen LogP contribution in [0.3, 0.4) is 0 Å². The van der Waals surface area contributed by atoms with E-state index in [0.29, 0.717) is 0 Å². The highest BCUT2D eigenvalue weighted by atomic mass is 19.1. The first kappa shape index (κ1) is 12.2. The SMILES string of the molecule is CC(C)(C)C1[C@@H](F)C(O)CCN1C(=O)O. The molecule has 1 aliphatic heterocycles. The molecule has 0 spiro atoms. The molecule has 0 radical (unpaired) electrons. The molecule has 4 nitrogen and oxygen atoms in total. The average Bonchev–Trinajstić information content (AvgIpc) is 2.06. The van der Waals surface area contributed by atoms with E-state index in [1.54, 1.807) is 20.8 Å². The van der Waals surface area contributed by atoms with Crippen molar-refractivity contribution in [2.45, 2.75) is 45.5 Å². The lowest BCUT2D eigenvalue weighted by molar-refractivity contribution is -0.0609. The molecular weight excluding hydrogens is 201 g/mol. The Labute approximate surface area is 88.7 Å². The van der Waals surface area contributed by atoms with Gasteiger partial charge in [-0.25, -0.2) is 9.18 Å². The van der Waals surface area contributed by atoms with Crippen LogP contribution in [-0.2, 0) is 0 Å². The quantitative estimate of drug-likeness (QED) is 0.648. The van der Waals surface area contributed by atoms with Gasteiger partial charge in [0.1, 0.15) is 6.17 Å². The minimum atomic E-state index is -1.50. The Bertz CT molecular complexity index is 252. The minimum absolute atomic E-state index is 0.167. The van der Waals surface area contributed by atoms with E-state index in [-0.39, 0.29) is 13.0 Å². The van der Waals surface area contributed by atoms with Crippen LogP contribution in [-0.4, -0.2) is 46.1 Å². The molecule has 0 aromatic rings. The molecule has 1 rings (SSSR count). The number of likely N-dealkylation sites (tertiary alicyclic amines) is 1. The molecule has 1 aliphatic rings. The topological polar surface area (TPSA) is 60.8 Å². The van der Waals surface area contributed by atoms with Crippen molar-refractivity contribution in [2.75, 3.05) is 6.54 Å². The summed E-state index contributed by atoms with van der Waals surface area (Å²) in [5.74, 6) is 0. The van der Waals surface area contributed by atoms with Crippen LogP contribution in [0.4, 0.5) is 9.18 Å². The molecule has 1 heterocycles. The summed E-state index contributed by atoms with van der Waals surface area (Å²) in [5.41, 5.74) is -0.515. The first-order valence-corrected chi connectivity index (χ1v) is 5.07. The van der Waals surface area contributed by atoms with Gasteiger partial charge in [-0.15, -0.1) is 0 Å². The molecule has 0 aliphatic carbocycles. The molecule has 15 heavy (non-hydrogen) atoms. The molecule has 1 saturated heterocycles. The number of piperidine rings is 1. The van der Waals surface area contributed by atoms with Crippen molar-refractivity contribution in [1.82, 2.24) is 4.90 Å². The maximum absolute atomic E-state index is 13.8. The summed E-state index contributed by atoms with van der Waals surface area (Å²) in [4.78, 5) is 12.0. The standard InChI is InChI=1S/C10H18FNO3/c1-10(2,3)8-7(11)6(13)4-5-12(8)9(14)15/h6-8,13H,4-5H2,1-3H3,(H,14,15)/t6?,7-,8?/m0/s1. The summed E-state index contributed by atoms with van der Waals surface area (Å²) in [6, 6.07) is -0.779. The van der Waals surface area contributed by atoms with E-state index < -0.39 is 29.8 Å². The molecule has 88 valence electrons. The molecule has 5 heteroatoms. The van der Waals surface area contributed by atoms with Crippen molar-refractivity contribution in [1.29, 1.82) is 0 Å². The lowest BCUT2D eigenvalue weighted by Gasteiger charge is -2.45. The molecule has 0 aromatic heterocycles. The molecule has 0 saturated carbocycles. The van der Waals surface area contributed by atoms with Crippen LogP contribution in [0, 0.1) is 5.41 Å². The predicted molar refractivity (Wildman–Crippen MR) is 53.5 cm³/mol. The van der Waals surface area contributed by atoms with Crippen LogP contribution >= 0.6 is 0 Å². The van der Waals surface area contributed by atoms with Crippen molar-refractivity contribution in [2.24, 2.45) is 5.41 Å². The zero-order valence-electron chi connectivity index (χ0n) is 9.27. The highest BCUT2D eigenvalue weighted by molar-refractivity contribution is 5.66. The molecule has 3 atom stereocenters. The summed E-state index contributed by atoms with van der Waals surface area (Å²) in [5, 5.41) is 18.4. The fraction of sp³-hybridized carbons (Fsp3) is 0.900. The van der Waals surface area contributed by atoms with Crippen LogP contribution < -0.4 is 0 Å². The zero-order valence-corrected chi connectivity index (χ0v) is 9.27. The molecule has 1 amide bonds. The maximum atomic E-state index is 13.8. The van der Waals surface area contributed by atoms with Gasteiger partial charge in [-0.1, -0.05) is 20.8 Å². The summed E-state index contributed by atoms with van der Waals surface area (Å²) < 4.78 is 13.8. The lowest BCUT2D eigenvalue weighted by Crippen LogP contribution is -2.59.